The molecule has 86 valence electrons. The molecule has 0 saturated carbocycles. The maximum atomic E-state index is 11.6. The van der Waals surface area contributed by atoms with E-state index < -0.39 is 0 Å². The second kappa shape index (κ2) is 6.46. The van der Waals surface area contributed by atoms with Crippen LogP contribution in [0.5, 0.6) is 0 Å². The molecule has 0 fully saturated rings. The zero-order chi connectivity index (χ0) is 12.0. The lowest BCUT2D eigenvalue weighted by molar-refractivity contribution is 0.0765. The average Bonchev–Trinajstić information content (AvgIpc) is 2.24. The van der Waals surface area contributed by atoms with Crippen LogP contribution in [0.1, 0.15) is 23.7 Å². The van der Waals surface area contributed by atoms with Gasteiger partial charge in [0.2, 0.25) is 0 Å². The quantitative estimate of drug-likeness (QED) is 0.431. The predicted octanol–water partition coefficient (Wildman–Crippen LogP) is 3.51. The Hall–Kier alpha value is -1.12. The Morgan fingerprint density at radius 3 is 2.88 bits per heavy atom. The van der Waals surface area contributed by atoms with Crippen molar-refractivity contribution in [3.05, 3.63) is 47.0 Å². The number of hydrogen-bond donors (Lipinski definition) is 0. The molecule has 0 radical (unpaired) electrons. The molecule has 0 unspecified atom stereocenters. The molecule has 0 saturated heterocycles. The number of rotatable bonds is 6. The van der Waals surface area contributed by atoms with Crippen molar-refractivity contribution in [1.29, 1.82) is 0 Å². The number of Topliss-reactive ketones (excluding diaryl/α,β-unsaturated/α-hetero) is 1. The Morgan fingerprint density at radius 2 is 2.25 bits per heavy atom. The van der Waals surface area contributed by atoms with E-state index in [1.165, 1.54) is 0 Å². The van der Waals surface area contributed by atoms with Crippen LogP contribution >= 0.6 is 11.6 Å². The molecule has 0 bridgehead atoms. The van der Waals surface area contributed by atoms with E-state index in [-0.39, 0.29) is 12.4 Å². The minimum atomic E-state index is -0.0517. The third-order valence-corrected chi connectivity index (χ3v) is 2.29. The minimum absolute atomic E-state index is 0.0517. The lowest BCUT2D eigenvalue weighted by atomic mass is 10.1. The van der Waals surface area contributed by atoms with E-state index in [1.54, 1.807) is 24.3 Å². The molecular weight excluding hydrogens is 224 g/mol. The number of ketones is 1. The summed E-state index contributed by atoms with van der Waals surface area (Å²) in [4.78, 5) is 11.6. The summed E-state index contributed by atoms with van der Waals surface area (Å²) >= 11 is 5.79. The Balaban J connectivity index is 2.38. The molecule has 0 heterocycles. The van der Waals surface area contributed by atoms with E-state index in [0.717, 1.165) is 12.0 Å². The molecule has 1 aromatic carbocycles. The van der Waals surface area contributed by atoms with Crippen molar-refractivity contribution in [1.82, 2.24) is 0 Å². The molecule has 0 amide bonds. The van der Waals surface area contributed by atoms with E-state index in [4.69, 9.17) is 16.3 Å². The topological polar surface area (TPSA) is 26.3 Å². The van der Waals surface area contributed by atoms with Crippen LogP contribution in [0, 0.1) is 0 Å². The van der Waals surface area contributed by atoms with Gasteiger partial charge in [-0.3, -0.25) is 4.79 Å². The molecule has 0 aliphatic carbocycles. The summed E-state index contributed by atoms with van der Waals surface area (Å²) in [5, 5.41) is 0.563. The van der Waals surface area contributed by atoms with Crippen molar-refractivity contribution in [2.45, 2.75) is 13.3 Å². The van der Waals surface area contributed by atoms with E-state index in [9.17, 15) is 4.79 Å². The molecule has 16 heavy (non-hydrogen) atoms. The van der Waals surface area contributed by atoms with Gasteiger partial charge in [0, 0.05) is 10.6 Å². The number of carbonyl (C=O) groups is 1. The predicted molar refractivity (Wildman–Crippen MR) is 66.0 cm³/mol. The second-order valence-electron chi connectivity index (χ2n) is 3.69. The fourth-order valence-electron chi connectivity index (χ4n) is 1.16. The van der Waals surface area contributed by atoms with E-state index in [2.05, 4.69) is 6.58 Å². The van der Waals surface area contributed by atoms with Crippen molar-refractivity contribution >= 4 is 17.4 Å². The molecule has 0 aliphatic heterocycles. The van der Waals surface area contributed by atoms with Crippen LogP contribution in [0.25, 0.3) is 0 Å². The number of hydrogen-bond acceptors (Lipinski definition) is 2. The Kier molecular flexibility index (Phi) is 5.23. The van der Waals surface area contributed by atoms with Crippen molar-refractivity contribution in [2.24, 2.45) is 0 Å². The highest BCUT2D eigenvalue weighted by atomic mass is 35.5. The normalized spacial score (nSPS) is 10.1. The molecule has 1 rings (SSSR count). The van der Waals surface area contributed by atoms with Gasteiger partial charge in [-0.15, -0.1) is 6.58 Å². The van der Waals surface area contributed by atoms with Gasteiger partial charge in [-0.05, 0) is 25.5 Å². The molecule has 3 heteroatoms. The summed E-state index contributed by atoms with van der Waals surface area (Å²) in [7, 11) is 0. The van der Waals surface area contributed by atoms with E-state index >= 15 is 0 Å². The smallest absolute Gasteiger partial charge is 0.188 e. The first-order valence-corrected chi connectivity index (χ1v) is 5.48. The van der Waals surface area contributed by atoms with Crippen LogP contribution in [0.4, 0.5) is 0 Å². The van der Waals surface area contributed by atoms with E-state index in [1.807, 2.05) is 6.92 Å². The van der Waals surface area contributed by atoms with Crippen molar-refractivity contribution < 1.29 is 9.53 Å². The van der Waals surface area contributed by atoms with Gasteiger partial charge in [-0.25, -0.2) is 0 Å². The average molecular weight is 239 g/mol. The molecular formula is C13H15ClO2. The van der Waals surface area contributed by atoms with Crippen LogP contribution in [-0.4, -0.2) is 19.0 Å². The second-order valence-corrected chi connectivity index (χ2v) is 4.13. The first kappa shape index (κ1) is 12.9. The molecule has 1 aromatic rings. The van der Waals surface area contributed by atoms with Gasteiger partial charge in [0.1, 0.15) is 6.61 Å². The zero-order valence-electron chi connectivity index (χ0n) is 9.33. The van der Waals surface area contributed by atoms with Gasteiger partial charge < -0.3 is 4.74 Å². The van der Waals surface area contributed by atoms with Crippen molar-refractivity contribution in [3.63, 3.8) is 0 Å². The highest BCUT2D eigenvalue weighted by Crippen LogP contribution is 2.11. The standard InChI is InChI=1S/C13H15ClO2/c1-10(2)6-7-16-9-13(15)11-4-3-5-12(14)8-11/h3-5,8H,1,6-7,9H2,2H3. The van der Waals surface area contributed by atoms with Gasteiger partial charge in [-0.1, -0.05) is 29.3 Å². The summed E-state index contributed by atoms with van der Waals surface area (Å²) in [5.41, 5.74) is 1.64. The molecule has 0 atom stereocenters. The SMILES string of the molecule is C=C(C)CCOCC(=O)c1cccc(Cl)c1. The Morgan fingerprint density at radius 1 is 1.50 bits per heavy atom. The largest absolute Gasteiger partial charge is 0.373 e. The lowest BCUT2D eigenvalue weighted by Gasteiger charge is -2.03. The van der Waals surface area contributed by atoms with Gasteiger partial charge in [0.25, 0.3) is 0 Å². The summed E-state index contributed by atoms with van der Waals surface area (Å²) < 4.78 is 5.25. The molecule has 0 aromatic heterocycles. The number of halogens is 1. The van der Waals surface area contributed by atoms with Crippen LogP contribution < -0.4 is 0 Å². The molecule has 0 spiro atoms. The van der Waals surface area contributed by atoms with Gasteiger partial charge in [-0.2, -0.15) is 0 Å². The number of ether oxygens (including phenoxy) is 1. The minimum Gasteiger partial charge on any atom is -0.373 e. The fraction of sp³-hybridized carbons (Fsp3) is 0.308. The summed E-state index contributed by atoms with van der Waals surface area (Å²) in [6, 6.07) is 6.87. The number of carbonyl (C=O) groups excluding carboxylic acids is 1. The number of benzene rings is 1. The first-order chi connectivity index (χ1) is 7.59. The molecule has 2 nitrogen and oxygen atoms in total. The monoisotopic (exact) mass is 238 g/mol. The van der Waals surface area contributed by atoms with Crippen LogP contribution in [0.3, 0.4) is 0 Å². The zero-order valence-corrected chi connectivity index (χ0v) is 10.1. The summed E-state index contributed by atoms with van der Waals surface area (Å²) in [5.74, 6) is -0.0517. The summed E-state index contributed by atoms with van der Waals surface area (Å²) in [6.45, 7) is 6.31. The molecule has 0 aliphatic rings. The van der Waals surface area contributed by atoms with Crippen LogP contribution in [0.2, 0.25) is 5.02 Å². The fourth-order valence-corrected chi connectivity index (χ4v) is 1.35. The van der Waals surface area contributed by atoms with Crippen LogP contribution in [0.15, 0.2) is 36.4 Å². The lowest BCUT2D eigenvalue weighted by Crippen LogP contribution is -2.09. The summed E-state index contributed by atoms with van der Waals surface area (Å²) in [6.07, 6.45) is 0.781. The van der Waals surface area contributed by atoms with Gasteiger partial charge in [0.15, 0.2) is 5.78 Å². The van der Waals surface area contributed by atoms with Gasteiger partial charge >= 0.3 is 0 Å². The third-order valence-electron chi connectivity index (χ3n) is 2.05. The molecule has 0 N–H and O–H groups in total. The van der Waals surface area contributed by atoms with Gasteiger partial charge in [0.05, 0.1) is 6.61 Å². The van der Waals surface area contributed by atoms with Crippen molar-refractivity contribution in [3.8, 4) is 0 Å². The highest BCUT2D eigenvalue weighted by molar-refractivity contribution is 6.31. The Bertz CT molecular complexity index is 385. The third kappa shape index (κ3) is 4.60. The highest BCUT2D eigenvalue weighted by Gasteiger charge is 2.05. The Labute approximate surface area is 101 Å². The maximum absolute atomic E-state index is 11.6. The van der Waals surface area contributed by atoms with Crippen LogP contribution in [-0.2, 0) is 4.74 Å². The maximum Gasteiger partial charge on any atom is 0.188 e. The van der Waals surface area contributed by atoms with E-state index in [0.29, 0.717) is 17.2 Å². The first-order valence-electron chi connectivity index (χ1n) is 5.10. The van der Waals surface area contributed by atoms with Crippen molar-refractivity contribution in [2.75, 3.05) is 13.2 Å².